The molecule has 1 aromatic heterocycles. The summed E-state index contributed by atoms with van der Waals surface area (Å²) in [5.41, 5.74) is 6.42. The fourth-order valence-electron chi connectivity index (χ4n) is 1.53. The molecule has 0 spiro atoms. The molecule has 18 heavy (non-hydrogen) atoms. The molecule has 2 aromatic rings. The first kappa shape index (κ1) is 12.0. The molecule has 0 unspecified atom stereocenters. The zero-order valence-corrected chi connectivity index (χ0v) is 9.93. The van der Waals surface area contributed by atoms with E-state index < -0.39 is 5.91 Å². The average molecular weight is 246 g/mol. The number of furan rings is 1. The Labute approximate surface area is 104 Å². The molecule has 0 saturated heterocycles. The number of hydrogen-bond donors (Lipinski definition) is 3. The number of phenols is 1. The zero-order valence-electron chi connectivity index (χ0n) is 9.93. The predicted octanol–water partition coefficient (Wildman–Crippen LogP) is 2.38. The number of carbonyl (C=O) groups excluding carboxylic acids is 1. The Bertz CT molecular complexity index is 575. The van der Waals surface area contributed by atoms with Gasteiger partial charge in [-0.05, 0) is 24.3 Å². The van der Waals surface area contributed by atoms with Gasteiger partial charge in [-0.2, -0.15) is 0 Å². The number of nitrogen functional groups attached to an aromatic ring is 1. The first-order valence-corrected chi connectivity index (χ1v) is 5.58. The molecule has 0 atom stereocenters. The minimum Gasteiger partial charge on any atom is -0.508 e. The molecule has 94 valence electrons. The lowest BCUT2D eigenvalue weighted by Crippen LogP contribution is -2.12. The van der Waals surface area contributed by atoms with E-state index in [4.69, 9.17) is 10.2 Å². The molecule has 0 bridgehead atoms. The van der Waals surface area contributed by atoms with Crippen LogP contribution in [0.3, 0.4) is 0 Å². The van der Waals surface area contributed by atoms with Crippen molar-refractivity contribution in [1.82, 2.24) is 0 Å². The standard InChI is InChI=1S/C13H14N2O3/c1-2-9-4-6-12(18-9)13(17)15-11-7-8(16)3-5-10(11)14/h3-7,16H,2,14H2,1H3,(H,15,17). The highest BCUT2D eigenvalue weighted by molar-refractivity contribution is 6.04. The van der Waals surface area contributed by atoms with Crippen LogP contribution >= 0.6 is 0 Å². The van der Waals surface area contributed by atoms with E-state index in [1.54, 1.807) is 12.1 Å². The lowest BCUT2D eigenvalue weighted by molar-refractivity contribution is 0.0995. The Morgan fingerprint density at radius 1 is 1.39 bits per heavy atom. The van der Waals surface area contributed by atoms with Crippen molar-refractivity contribution in [3.8, 4) is 5.75 Å². The van der Waals surface area contributed by atoms with Crippen LogP contribution in [-0.2, 0) is 6.42 Å². The largest absolute Gasteiger partial charge is 0.508 e. The number of carbonyl (C=O) groups is 1. The number of rotatable bonds is 3. The molecule has 1 heterocycles. The second-order valence-electron chi connectivity index (χ2n) is 3.85. The van der Waals surface area contributed by atoms with Gasteiger partial charge in [-0.15, -0.1) is 0 Å². The molecular weight excluding hydrogens is 232 g/mol. The Balaban J connectivity index is 2.18. The Morgan fingerprint density at radius 3 is 2.83 bits per heavy atom. The summed E-state index contributed by atoms with van der Waals surface area (Å²) in [7, 11) is 0. The molecule has 0 radical (unpaired) electrons. The maximum Gasteiger partial charge on any atom is 0.291 e. The van der Waals surface area contributed by atoms with Crippen molar-refractivity contribution in [3.05, 3.63) is 41.9 Å². The summed E-state index contributed by atoms with van der Waals surface area (Å²) in [5, 5.41) is 11.9. The quantitative estimate of drug-likeness (QED) is 0.573. The van der Waals surface area contributed by atoms with Crippen LogP contribution in [0.4, 0.5) is 11.4 Å². The summed E-state index contributed by atoms with van der Waals surface area (Å²) in [4.78, 5) is 11.9. The summed E-state index contributed by atoms with van der Waals surface area (Å²) in [5.74, 6) is 0.596. The van der Waals surface area contributed by atoms with Gasteiger partial charge in [0.05, 0.1) is 11.4 Å². The van der Waals surface area contributed by atoms with Gasteiger partial charge in [0.1, 0.15) is 11.5 Å². The van der Waals surface area contributed by atoms with Crippen LogP contribution in [0.5, 0.6) is 5.75 Å². The van der Waals surface area contributed by atoms with E-state index in [-0.39, 0.29) is 11.5 Å². The van der Waals surface area contributed by atoms with Crippen LogP contribution in [0.15, 0.2) is 34.7 Å². The number of nitrogens with two attached hydrogens (primary N) is 1. The van der Waals surface area contributed by atoms with E-state index in [1.807, 2.05) is 6.92 Å². The van der Waals surface area contributed by atoms with Gasteiger partial charge in [0.2, 0.25) is 0 Å². The molecular formula is C13H14N2O3. The average Bonchev–Trinajstić information content (AvgIpc) is 2.82. The van der Waals surface area contributed by atoms with Crippen LogP contribution in [-0.4, -0.2) is 11.0 Å². The summed E-state index contributed by atoms with van der Waals surface area (Å²) in [6, 6.07) is 7.71. The molecule has 4 N–H and O–H groups in total. The highest BCUT2D eigenvalue weighted by Crippen LogP contribution is 2.24. The molecule has 0 aliphatic rings. The van der Waals surface area contributed by atoms with Crippen molar-refractivity contribution >= 4 is 17.3 Å². The highest BCUT2D eigenvalue weighted by Gasteiger charge is 2.12. The molecule has 1 amide bonds. The number of anilines is 2. The van der Waals surface area contributed by atoms with Gasteiger partial charge in [0.25, 0.3) is 5.91 Å². The molecule has 2 rings (SSSR count). The van der Waals surface area contributed by atoms with Crippen LogP contribution < -0.4 is 11.1 Å². The van der Waals surface area contributed by atoms with E-state index in [9.17, 15) is 9.90 Å². The third-order valence-electron chi connectivity index (χ3n) is 2.52. The molecule has 5 heteroatoms. The predicted molar refractivity (Wildman–Crippen MR) is 68.6 cm³/mol. The fraction of sp³-hybridized carbons (Fsp3) is 0.154. The summed E-state index contributed by atoms with van der Waals surface area (Å²) < 4.78 is 5.32. The number of hydrogen-bond acceptors (Lipinski definition) is 4. The van der Waals surface area contributed by atoms with Crippen molar-refractivity contribution in [1.29, 1.82) is 0 Å². The third-order valence-corrected chi connectivity index (χ3v) is 2.52. The van der Waals surface area contributed by atoms with Crippen LogP contribution in [0.1, 0.15) is 23.2 Å². The smallest absolute Gasteiger partial charge is 0.291 e. The first-order valence-electron chi connectivity index (χ1n) is 5.58. The second-order valence-corrected chi connectivity index (χ2v) is 3.85. The monoisotopic (exact) mass is 246 g/mol. The van der Waals surface area contributed by atoms with Crippen molar-refractivity contribution in [2.75, 3.05) is 11.1 Å². The third kappa shape index (κ3) is 2.45. The Hall–Kier alpha value is -2.43. The van der Waals surface area contributed by atoms with Crippen LogP contribution in [0.2, 0.25) is 0 Å². The topological polar surface area (TPSA) is 88.5 Å². The fourth-order valence-corrected chi connectivity index (χ4v) is 1.53. The number of aryl methyl sites for hydroxylation is 1. The van der Waals surface area contributed by atoms with Gasteiger partial charge >= 0.3 is 0 Å². The lowest BCUT2D eigenvalue weighted by Gasteiger charge is -2.07. The number of benzene rings is 1. The highest BCUT2D eigenvalue weighted by atomic mass is 16.3. The van der Waals surface area contributed by atoms with Gasteiger partial charge in [-0.1, -0.05) is 6.92 Å². The molecule has 0 fully saturated rings. The number of phenolic OH excluding ortho intramolecular Hbond substituents is 1. The maximum atomic E-state index is 11.9. The van der Waals surface area contributed by atoms with Crippen LogP contribution in [0, 0.1) is 0 Å². The Morgan fingerprint density at radius 2 is 2.17 bits per heavy atom. The van der Waals surface area contributed by atoms with Gasteiger partial charge in [0.15, 0.2) is 5.76 Å². The van der Waals surface area contributed by atoms with E-state index in [0.717, 1.165) is 12.2 Å². The van der Waals surface area contributed by atoms with Gasteiger partial charge in [-0.25, -0.2) is 0 Å². The van der Waals surface area contributed by atoms with Gasteiger partial charge in [-0.3, -0.25) is 4.79 Å². The van der Waals surface area contributed by atoms with Gasteiger partial charge < -0.3 is 20.6 Å². The zero-order chi connectivity index (χ0) is 13.1. The SMILES string of the molecule is CCc1ccc(C(=O)Nc2cc(O)ccc2N)o1. The minimum absolute atomic E-state index is 0.0354. The summed E-state index contributed by atoms with van der Waals surface area (Å²) in [6.07, 6.45) is 0.724. The van der Waals surface area contributed by atoms with Crippen molar-refractivity contribution in [3.63, 3.8) is 0 Å². The van der Waals surface area contributed by atoms with E-state index in [0.29, 0.717) is 11.4 Å². The number of amides is 1. The minimum atomic E-state index is -0.396. The van der Waals surface area contributed by atoms with Crippen molar-refractivity contribution in [2.45, 2.75) is 13.3 Å². The van der Waals surface area contributed by atoms with Gasteiger partial charge in [0, 0.05) is 12.5 Å². The first-order chi connectivity index (χ1) is 8.60. The normalized spacial score (nSPS) is 10.3. The Kier molecular flexibility index (Phi) is 3.23. The van der Waals surface area contributed by atoms with Crippen molar-refractivity contribution in [2.24, 2.45) is 0 Å². The van der Waals surface area contributed by atoms with Crippen LogP contribution in [0.25, 0.3) is 0 Å². The molecule has 5 nitrogen and oxygen atoms in total. The van der Waals surface area contributed by atoms with Crippen molar-refractivity contribution < 1.29 is 14.3 Å². The number of nitrogens with one attached hydrogen (secondary N) is 1. The maximum absolute atomic E-state index is 11.9. The lowest BCUT2D eigenvalue weighted by atomic mass is 10.2. The van der Waals surface area contributed by atoms with E-state index >= 15 is 0 Å². The number of aromatic hydroxyl groups is 1. The van der Waals surface area contributed by atoms with E-state index in [2.05, 4.69) is 5.32 Å². The second kappa shape index (κ2) is 4.83. The molecule has 1 aromatic carbocycles. The summed E-state index contributed by atoms with van der Waals surface area (Å²) in [6.45, 7) is 1.94. The molecule has 0 saturated carbocycles. The molecule has 0 aliphatic heterocycles. The molecule has 0 aliphatic carbocycles. The summed E-state index contributed by atoms with van der Waals surface area (Å²) >= 11 is 0. The van der Waals surface area contributed by atoms with E-state index in [1.165, 1.54) is 18.2 Å².